The van der Waals surface area contributed by atoms with Crippen LogP contribution in [0.3, 0.4) is 0 Å². The molecule has 0 bridgehead atoms. The Morgan fingerprint density at radius 3 is 2.80 bits per heavy atom. The van der Waals surface area contributed by atoms with E-state index < -0.39 is 0 Å². The molecule has 2 rings (SSSR count). The predicted molar refractivity (Wildman–Crippen MR) is 81.3 cm³/mol. The lowest BCUT2D eigenvalue weighted by Gasteiger charge is -2.24. The summed E-state index contributed by atoms with van der Waals surface area (Å²) >= 11 is 0. The van der Waals surface area contributed by atoms with Crippen molar-refractivity contribution in [3.8, 4) is 5.75 Å². The SMILES string of the molecule is CC(C)(C)NCCCN1C(=O)CCOc2ccccc21. The molecule has 0 radical (unpaired) electrons. The summed E-state index contributed by atoms with van der Waals surface area (Å²) < 4.78 is 5.63. The van der Waals surface area contributed by atoms with Crippen LogP contribution in [0.1, 0.15) is 33.6 Å². The molecule has 1 aromatic carbocycles. The second-order valence-corrected chi connectivity index (χ2v) is 6.14. The first kappa shape index (κ1) is 14.9. The molecule has 0 saturated heterocycles. The number of hydrogen-bond donors (Lipinski definition) is 1. The lowest BCUT2D eigenvalue weighted by atomic mass is 10.1. The van der Waals surface area contributed by atoms with Gasteiger partial charge in [0.2, 0.25) is 5.91 Å². The number of carbonyl (C=O) groups excluding carboxylic acids is 1. The molecule has 0 aliphatic carbocycles. The van der Waals surface area contributed by atoms with Gasteiger partial charge in [-0.05, 0) is 45.9 Å². The molecular formula is C16H24N2O2. The number of benzene rings is 1. The Balaban J connectivity index is 2.00. The zero-order valence-electron chi connectivity index (χ0n) is 12.6. The highest BCUT2D eigenvalue weighted by Gasteiger charge is 2.22. The summed E-state index contributed by atoms with van der Waals surface area (Å²) in [5, 5.41) is 3.45. The molecule has 0 saturated carbocycles. The van der Waals surface area contributed by atoms with E-state index in [1.54, 1.807) is 0 Å². The van der Waals surface area contributed by atoms with Crippen LogP contribution in [0.4, 0.5) is 5.69 Å². The fourth-order valence-electron chi connectivity index (χ4n) is 2.27. The van der Waals surface area contributed by atoms with Crippen molar-refractivity contribution in [2.45, 2.75) is 39.2 Å². The first-order valence-corrected chi connectivity index (χ1v) is 7.24. The van der Waals surface area contributed by atoms with Gasteiger partial charge in [-0.15, -0.1) is 0 Å². The maximum Gasteiger partial charge on any atom is 0.230 e. The van der Waals surface area contributed by atoms with Gasteiger partial charge in [-0.3, -0.25) is 4.79 Å². The normalized spacial score (nSPS) is 15.6. The number of anilines is 1. The molecule has 1 amide bonds. The molecule has 1 heterocycles. The molecule has 0 unspecified atom stereocenters. The van der Waals surface area contributed by atoms with E-state index in [1.807, 2.05) is 29.2 Å². The average molecular weight is 276 g/mol. The molecular weight excluding hydrogens is 252 g/mol. The van der Waals surface area contributed by atoms with Crippen molar-refractivity contribution in [1.29, 1.82) is 0 Å². The Morgan fingerprint density at radius 1 is 1.30 bits per heavy atom. The van der Waals surface area contributed by atoms with E-state index in [0.29, 0.717) is 13.0 Å². The molecule has 0 atom stereocenters. The second kappa shape index (κ2) is 6.27. The number of amides is 1. The van der Waals surface area contributed by atoms with Crippen LogP contribution in [0.2, 0.25) is 0 Å². The van der Waals surface area contributed by atoms with Gasteiger partial charge in [0.15, 0.2) is 0 Å². The highest BCUT2D eigenvalue weighted by atomic mass is 16.5. The minimum atomic E-state index is 0.115. The third-order valence-corrected chi connectivity index (χ3v) is 3.24. The van der Waals surface area contributed by atoms with Crippen LogP contribution in [0.25, 0.3) is 0 Å². The van der Waals surface area contributed by atoms with Crippen LogP contribution in [-0.4, -0.2) is 31.1 Å². The van der Waals surface area contributed by atoms with Crippen LogP contribution in [-0.2, 0) is 4.79 Å². The summed E-state index contributed by atoms with van der Waals surface area (Å²) in [4.78, 5) is 14.0. The molecule has 0 aromatic heterocycles. The van der Waals surface area contributed by atoms with E-state index in [2.05, 4.69) is 26.1 Å². The number of carbonyl (C=O) groups is 1. The highest BCUT2D eigenvalue weighted by molar-refractivity contribution is 5.95. The minimum Gasteiger partial charge on any atom is -0.491 e. The van der Waals surface area contributed by atoms with E-state index in [0.717, 1.165) is 30.9 Å². The summed E-state index contributed by atoms with van der Waals surface area (Å²) in [5.41, 5.74) is 1.01. The van der Waals surface area contributed by atoms with Crippen LogP contribution in [0.5, 0.6) is 5.75 Å². The highest BCUT2D eigenvalue weighted by Crippen LogP contribution is 2.30. The van der Waals surface area contributed by atoms with Gasteiger partial charge in [0, 0.05) is 12.1 Å². The fourth-order valence-corrected chi connectivity index (χ4v) is 2.27. The second-order valence-electron chi connectivity index (χ2n) is 6.14. The van der Waals surface area contributed by atoms with E-state index in [9.17, 15) is 4.79 Å². The first-order valence-electron chi connectivity index (χ1n) is 7.24. The van der Waals surface area contributed by atoms with Gasteiger partial charge in [0.05, 0.1) is 18.7 Å². The monoisotopic (exact) mass is 276 g/mol. The van der Waals surface area contributed by atoms with Crippen molar-refractivity contribution in [3.63, 3.8) is 0 Å². The zero-order valence-corrected chi connectivity index (χ0v) is 12.6. The van der Waals surface area contributed by atoms with Crippen molar-refractivity contribution in [1.82, 2.24) is 5.32 Å². The summed E-state index contributed by atoms with van der Waals surface area (Å²) in [5.74, 6) is 0.952. The van der Waals surface area contributed by atoms with E-state index >= 15 is 0 Å². The summed E-state index contributed by atoms with van der Waals surface area (Å²) in [6.07, 6.45) is 1.37. The maximum absolute atomic E-state index is 12.2. The Hall–Kier alpha value is -1.55. The molecule has 1 aromatic rings. The minimum absolute atomic E-state index is 0.115. The van der Waals surface area contributed by atoms with Crippen molar-refractivity contribution in [2.24, 2.45) is 0 Å². The van der Waals surface area contributed by atoms with Gasteiger partial charge >= 0.3 is 0 Å². The number of rotatable bonds is 4. The lowest BCUT2D eigenvalue weighted by Crippen LogP contribution is -2.38. The average Bonchev–Trinajstić information content (AvgIpc) is 2.53. The number of nitrogens with zero attached hydrogens (tertiary/aromatic N) is 1. The first-order chi connectivity index (χ1) is 9.47. The van der Waals surface area contributed by atoms with E-state index in [4.69, 9.17) is 4.74 Å². The number of para-hydroxylation sites is 2. The van der Waals surface area contributed by atoms with Gasteiger partial charge in [0.1, 0.15) is 5.75 Å². The largest absolute Gasteiger partial charge is 0.491 e. The fraction of sp³-hybridized carbons (Fsp3) is 0.562. The summed E-state index contributed by atoms with van der Waals surface area (Å²) in [6, 6.07) is 7.76. The lowest BCUT2D eigenvalue weighted by molar-refractivity contribution is -0.118. The topological polar surface area (TPSA) is 41.6 Å². The predicted octanol–water partition coefficient (Wildman–Crippen LogP) is 2.58. The quantitative estimate of drug-likeness (QED) is 0.859. The maximum atomic E-state index is 12.2. The molecule has 4 heteroatoms. The van der Waals surface area contributed by atoms with Crippen LogP contribution in [0.15, 0.2) is 24.3 Å². The van der Waals surface area contributed by atoms with E-state index in [1.165, 1.54) is 0 Å². The van der Waals surface area contributed by atoms with Gasteiger partial charge in [-0.25, -0.2) is 0 Å². The third kappa shape index (κ3) is 3.97. The zero-order chi connectivity index (χ0) is 14.6. The number of ether oxygens (including phenoxy) is 1. The van der Waals surface area contributed by atoms with E-state index in [-0.39, 0.29) is 11.4 Å². The van der Waals surface area contributed by atoms with Crippen molar-refractivity contribution >= 4 is 11.6 Å². The van der Waals surface area contributed by atoms with Crippen LogP contribution >= 0.6 is 0 Å². The Labute approximate surface area is 121 Å². The van der Waals surface area contributed by atoms with Gasteiger partial charge in [0.25, 0.3) is 0 Å². The molecule has 0 fully saturated rings. The van der Waals surface area contributed by atoms with Gasteiger partial charge < -0.3 is 15.0 Å². The molecule has 110 valence electrons. The summed E-state index contributed by atoms with van der Waals surface area (Å²) in [6.45, 7) is 8.53. The summed E-state index contributed by atoms with van der Waals surface area (Å²) in [7, 11) is 0. The number of fused-ring (bicyclic) bond motifs is 1. The number of nitrogens with one attached hydrogen (secondary N) is 1. The standard InChI is InChI=1S/C16H24N2O2/c1-16(2,3)17-10-6-11-18-13-7-4-5-8-14(13)20-12-9-15(18)19/h4-5,7-8,17H,6,9-12H2,1-3H3. The van der Waals surface area contributed by atoms with Crippen molar-refractivity contribution < 1.29 is 9.53 Å². The molecule has 0 spiro atoms. The Morgan fingerprint density at radius 2 is 2.05 bits per heavy atom. The molecule has 1 aliphatic heterocycles. The number of hydrogen-bond acceptors (Lipinski definition) is 3. The van der Waals surface area contributed by atoms with Crippen LogP contribution in [0, 0.1) is 0 Å². The van der Waals surface area contributed by atoms with Crippen LogP contribution < -0.4 is 15.0 Å². The molecule has 1 aliphatic rings. The van der Waals surface area contributed by atoms with Crippen molar-refractivity contribution in [2.75, 3.05) is 24.6 Å². The van der Waals surface area contributed by atoms with Gasteiger partial charge in [-0.2, -0.15) is 0 Å². The molecule has 1 N–H and O–H groups in total. The Kier molecular flexibility index (Phi) is 4.65. The third-order valence-electron chi connectivity index (χ3n) is 3.24. The van der Waals surface area contributed by atoms with Gasteiger partial charge in [-0.1, -0.05) is 12.1 Å². The smallest absolute Gasteiger partial charge is 0.230 e. The Bertz CT molecular complexity index is 466. The molecule has 20 heavy (non-hydrogen) atoms. The molecule has 4 nitrogen and oxygen atoms in total. The van der Waals surface area contributed by atoms with Crippen molar-refractivity contribution in [3.05, 3.63) is 24.3 Å².